The van der Waals surface area contributed by atoms with Crippen LogP contribution >= 0.6 is 27.5 Å². The van der Waals surface area contributed by atoms with Gasteiger partial charge in [0.1, 0.15) is 0 Å². The van der Waals surface area contributed by atoms with Crippen LogP contribution in [0.2, 0.25) is 5.15 Å². The van der Waals surface area contributed by atoms with Crippen molar-refractivity contribution in [1.82, 2.24) is 4.98 Å². The summed E-state index contributed by atoms with van der Waals surface area (Å²) in [5, 5.41) is 3.90. The summed E-state index contributed by atoms with van der Waals surface area (Å²) >= 11 is 9.40. The van der Waals surface area contributed by atoms with E-state index in [0.29, 0.717) is 11.1 Å². The van der Waals surface area contributed by atoms with Crippen molar-refractivity contribution in [3.63, 3.8) is 0 Å². The number of anilines is 1. The number of hydrogen-bond donors (Lipinski definition) is 1. The van der Waals surface area contributed by atoms with Crippen molar-refractivity contribution in [3.8, 4) is 0 Å². The summed E-state index contributed by atoms with van der Waals surface area (Å²) < 4.78 is 0.947. The second kappa shape index (κ2) is 5.69. The van der Waals surface area contributed by atoms with Gasteiger partial charge in [0.2, 0.25) is 0 Å². The van der Waals surface area contributed by atoms with Crippen molar-refractivity contribution in [2.45, 2.75) is 19.3 Å². The number of allylic oxidation sites excluding steroid dienone is 2. The van der Waals surface area contributed by atoms with Crippen LogP contribution in [0.25, 0.3) is 0 Å². The standard InChI is InChI=1S/C12H14BrClN2/c13-10-6-11(12(14)16-8-10)15-7-9-4-2-1-3-5-9/h1-2,6,8-9,15H,3-5,7H2. The van der Waals surface area contributed by atoms with Crippen LogP contribution in [0.5, 0.6) is 0 Å². The number of halogens is 2. The predicted octanol–water partition coefficient (Wildman–Crippen LogP) is 4.27. The summed E-state index contributed by atoms with van der Waals surface area (Å²) in [4.78, 5) is 4.08. The minimum atomic E-state index is 0.537. The molecule has 1 aromatic rings. The molecule has 0 amide bonds. The van der Waals surface area contributed by atoms with Crippen LogP contribution in [0.3, 0.4) is 0 Å². The zero-order chi connectivity index (χ0) is 11.4. The lowest BCUT2D eigenvalue weighted by molar-refractivity contribution is 0.504. The first-order valence-corrected chi connectivity index (χ1v) is 6.62. The molecule has 1 unspecified atom stereocenters. The van der Waals surface area contributed by atoms with Gasteiger partial charge < -0.3 is 5.32 Å². The summed E-state index contributed by atoms with van der Waals surface area (Å²) in [5.41, 5.74) is 0.908. The van der Waals surface area contributed by atoms with E-state index in [1.54, 1.807) is 6.20 Å². The first-order chi connectivity index (χ1) is 7.75. The fourth-order valence-electron chi connectivity index (χ4n) is 1.84. The highest BCUT2D eigenvalue weighted by molar-refractivity contribution is 9.10. The minimum Gasteiger partial charge on any atom is -0.382 e. The van der Waals surface area contributed by atoms with Crippen molar-refractivity contribution < 1.29 is 0 Å². The van der Waals surface area contributed by atoms with E-state index in [1.807, 2.05) is 6.07 Å². The van der Waals surface area contributed by atoms with Crippen molar-refractivity contribution in [3.05, 3.63) is 34.0 Å². The number of pyridine rings is 1. The van der Waals surface area contributed by atoms with E-state index in [0.717, 1.165) is 23.1 Å². The van der Waals surface area contributed by atoms with Crippen LogP contribution < -0.4 is 5.32 Å². The Balaban J connectivity index is 1.93. The highest BCUT2D eigenvalue weighted by Crippen LogP contribution is 2.25. The molecular weight excluding hydrogens is 288 g/mol. The number of rotatable bonds is 3. The molecule has 1 N–H and O–H groups in total. The summed E-state index contributed by atoms with van der Waals surface area (Å²) in [6.07, 6.45) is 9.82. The molecular formula is C12H14BrClN2. The van der Waals surface area contributed by atoms with Gasteiger partial charge in [-0.05, 0) is 47.2 Å². The van der Waals surface area contributed by atoms with E-state index < -0.39 is 0 Å². The molecule has 4 heteroatoms. The number of hydrogen-bond acceptors (Lipinski definition) is 2. The van der Waals surface area contributed by atoms with E-state index in [1.165, 1.54) is 12.8 Å². The maximum absolute atomic E-state index is 6.01. The van der Waals surface area contributed by atoms with Gasteiger partial charge in [-0.25, -0.2) is 4.98 Å². The van der Waals surface area contributed by atoms with Crippen LogP contribution in [0.15, 0.2) is 28.9 Å². The highest BCUT2D eigenvalue weighted by atomic mass is 79.9. The van der Waals surface area contributed by atoms with Crippen LogP contribution in [0.4, 0.5) is 5.69 Å². The molecule has 0 saturated heterocycles. The smallest absolute Gasteiger partial charge is 0.152 e. The van der Waals surface area contributed by atoms with E-state index in [9.17, 15) is 0 Å². The number of nitrogens with zero attached hydrogens (tertiary/aromatic N) is 1. The second-order valence-electron chi connectivity index (χ2n) is 4.02. The largest absolute Gasteiger partial charge is 0.382 e. The Morgan fingerprint density at radius 1 is 1.50 bits per heavy atom. The van der Waals surface area contributed by atoms with Gasteiger partial charge in [0.25, 0.3) is 0 Å². The lowest BCUT2D eigenvalue weighted by atomic mass is 9.94. The Hall–Kier alpha value is -0.540. The van der Waals surface area contributed by atoms with Crippen molar-refractivity contribution >= 4 is 33.2 Å². The average Bonchev–Trinajstić information content (AvgIpc) is 2.32. The summed E-state index contributed by atoms with van der Waals surface area (Å²) in [7, 11) is 0. The third-order valence-corrected chi connectivity index (χ3v) is 3.50. The molecule has 1 atom stereocenters. The second-order valence-corrected chi connectivity index (χ2v) is 5.30. The molecule has 0 fully saturated rings. The minimum absolute atomic E-state index is 0.537. The molecule has 2 nitrogen and oxygen atoms in total. The zero-order valence-electron chi connectivity index (χ0n) is 8.92. The third kappa shape index (κ3) is 3.22. The highest BCUT2D eigenvalue weighted by Gasteiger charge is 2.10. The molecule has 0 spiro atoms. The van der Waals surface area contributed by atoms with Gasteiger partial charge in [-0.1, -0.05) is 23.8 Å². The molecule has 0 bridgehead atoms. The van der Waals surface area contributed by atoms with E-state index in [4.69, 9.17) is 11.6 Å². The van der Waals surface area contributed by atoms with Crippen molar-refractivity contribution in [1.29, 1.82) is 0 Å². The van der Waals surface area contributed by atoms with Crippen molar-refractivity contribution in [2.24, 2.45) is 5.92 Å². The molecule has 0 aromatic carbocycles. The molecule has 1 aliphatic carbocycles. The molecule has 0 radical (unpaired) electrons. The van der Waals surface area contributed by atoms with Crippen LogP contribution in [0.1, 0.15) is 19.3 Å². The monoisotopic (exact) mass is 300 g/mol. The summed E-state index contributed by atoms with van der Waals surface area (Å²) in [6, 6.07) is 1.97. The fourth-order valence-corrected chi connectivity index (χ4v) is 2.34. The van der Waals surface area contributed by atoms with Gasteiger partial charge in [-0.3, -0.25) is 0 Å². The topological polar surface area (TPSA) is 24.9 Å². The van der Waals surface area contributed by atoms with Crippen molar-refractivity contribution in [2.75, 3.05) is 11.9 Å². The maximum atomic E-state index is 6.01. The first kappa shape index (κ1) is 11.9. The molecule has 1 aliphatic rings. The number of nitrogens with one attached hydrogen (secondary N) is 1. The molecule has 1 aromatic heterocycles. The van der Waals surface area contributed by atoms with Crippen LogP contribution in [-0.2, 0) is 0 Å². The first-order valence-electron chi connectivity index (χ1n) is 5.45. The Kier molecular flexibility index (Phi) is 4.24. The lowest BCUT2D eigenvalue weighted by Crippen LogP contribution is -2.15. The van der Waals surface area contributed by atoms with E-state index in [2.05, 4.69) is 38.4 Å². The molecule has 86 valence electrons. The molecule has 0 aliphatic heterocycles. The normalized spacial score (nSPS) is 19.8. The van der Waals surface area contributed by atoms with Crippen LogP contribution in [-0.4, -0.2) is 11.5 Å². The van der Waals surface area contributed by atoms with E-state index >= 15 is 0 Å². The Morgan fingerprint density at radius 2 is 2.38 bits per heavy atom. The SMILES string of the molecule is Clc1ncc(Br)cc1NCC1CC=CCC1. The maximum Gasteiger partial charge on any atom is 0.152 e. The average molecular weight is 302 g/mol. The summed E-state index contributed by atoms with van der Waals surface area (Å²) in [6.45, 7) is 0.961. The number of aromatic nitrogens is 1. The predicted molar refractivity (Wildman–Crippen MR) is 71.9 cm³/mol. The van der Waals surface area contributed by atoms with Gasteiger partial charge in [0, 0.05) is 17.2 Å². The van der Waals surface area contributed by atoms with E-state index in [-0.39, 0.29) is 0 Å². The summed E-state index contributed by atoms with van der Waals surface area (Å²) in [5.74, 6) is 0.708. The third-order valence-electron chi connectivity index (χ3n) is 2.76. The van der Waals surface area contributed by atoms with Gasteiger partial charge in [-0.15, -0.1) is 0 Å². The lowest BCUT2D eigenvalue weighted by Gasteiger charge is -2.19. The quantitative estimate of drug-likeness (QED) is 0.666. The Labute approximate surface area is 109 Å². The molecule has 1 heterocycles. The van der Waals surface area contributed by atoms with Gasteiger partial charge in [-0.2, -0.15) is 0 Å². The Morgan fingerprint density at radius 3 is 3.12 bits per heavy atom. The van der Waals surface area contributed by atoms with Gasteiger partial charge in [0.05, 0.1) is 5.69 Å². The molecule has 0 saturated carbocycles. The molecule has 16 heavy (non-hydrogen) atoms. The van der Waals surface area contributed by atoms with Crippen LogP contribution in [0, 0.1) is 5.92 Å². The zero-order valence-corrected chi connectivity index (χ0v) is 11.3. The Bertz CT molecular complexity index is 393. The molecule has 2 rings (SSSR count). The van der Waals surface area contributed by atoms with Gasteiger partial charge >= 0.3 is 0 Å². The van der Waals surface area contributed by atoms with Gasteiger partial charge in [0.15, 0.2) is 5.15 Å². The fraction of sp³-hybridized carbons (Fsp3) is 0.417.